The van der Waals surface area contributed by atoms with Crippen LogP contribution in [0.2, 0.25) is 0 Å². The van der Waals surface area contributed by atoms with Crippen LogP contribution in [-0.4, -0.2) is 21.4 Å². The third kappa shape index (κ3) is 2.59. The van der Waals surface area contributed by atoms with Crippen LogP contribution in [0.15, 0.2) is 11.7 Å². The lowest BCUT2D eigenvalue weighted by Crippen LogP contribution is -2.34. The van der Waals surface area contributed by atoms with E-state index >= 15 is 0 Å². The molecule has 0 radical (unpaired) electrons. The van der Waals surface area contributed by atoms with Crippen molar-refractivity contribution in [3.05, 3.63) is 17.3 Å². The molecule has 2 heterocycles. The summed E-state index contributed by atoms with van der Waals surface area (Å²) in [7, 11) is 0. The van der Waals surface area contributed by atoms with E-state index in [1.807, 2.05) is 0 Å². The number of aromatic nitrogens is 2. The van der Waals surface area contributed by atoms with Gasteiger partial charge in [-0.15, -0.1) is 22.9 Å². The van der Waals surface area contributed by atoms with Gasteiger partial charge in [-0.05, 0) is 37.6 Å². The quantitative estimate of drug-likeness (QED) is 0.835. The molecule has 0 aliphatic heterocycles. The van der Waals surface area contributed by atoms with E-state index in [1.54, 1.807) is 17.7 Å². The zero-order valence-corrected chi connectivity index (χ0v) is 12.5. The number of aryl methyl sites for hydroxylation is 1. The molecule has 0 fully saturated rings. The molecule has 1 unspecified atom stereocenters. The lowest BCUT2D eigenvalue weighted by atomic mass is 9.95. The lowest BCUT2D eigenvalue weighted by Gasteiger charge is -2.29. The van der Waals surface area contributed by atoms with E-state index in [9.17, 15) is 0 Å². The van der Waals surface area contributed by atoms with E-state index in [0.717, 1.165) is 28.9 Å². The molecule has 2 aromatic heterocycles. The van der Waals surface area contributed by atoms with Crippen molar-refractivity contribution < 1.29 is 0 Å². The van der Waals surface area contributed by atoms with E-state index < -0.39 is 0 Å². The Morgan fingerprint density at radius 3 is 2.89 bits per heavy atom. The first-order chi connectivity index (χ1) is 8.59. The maximum Gasteiger partial charge on any atom is 0.147 e. The van der Waals surface area contributed by atoms with Crippen LogP contribution in [0, 0.1) is 6.92 Å². The molecule has 0 amide bonds. The molecule has 1 atom stereocenters. The monoisotopic (exact) mass is 283 g/mol. The van der Waals surface area contributed by atoms with Crippen LogP contribution < -0.4 is 5.32 Å². The predicted molar refractivity (Wildman–Crippen MR) is 79.8 cm³/mol. The Morgan fingerprint density at radius 2 is 2.22 bits per heavy atom. The van der Waals surface area contributed by atoms with Crippen molar-refractivity contribution in [2.24, 2.45) is 0 Å². The van der Waals surface area contributed by atoms with Crippen molar-refractivity contribution in [1.82, 2.24) is 9.97 Å². The van der Waals surface area contributed by atoms with Crippen LogP contribution >= 0.6 is 22.9 Å². The number of rotatable bonds is 5. The third-order valence-corrected chi connectivity index (χ3v) is 4.66. The number of nitrogens with one attached hydrogen (secondary N) is 1. The van der Waals surface area contributed by atoms with Gasteiger partial charge in [0.15, 0.2) is 0 Å². The van der Waals surface area contributed by atoms with Gasteiger partial charge in [0.2, 0.25) is 0 Å². The van der Waals surface area contributed by atoms with Crippen LogP contribution in [-0.2, 0) is 0 Å². The van der Waals surface area contributed by atoms with Gasteiger partial charge in [-0.25, -0.2) is 9.97 Å². The highest BCUT2D eigenvalue weighted by Gasteiger charge is 2.23. The van der Waals surface area contributed by atoms with Crippen molar-refractivity contribution in [3.8, 4) is 0 Å². The summed E-state index contributed by atoms with van der Waals surface area (Å²) in [6.07, 6.45) is 3.55. The summed E-state index contributed by atoms with van der Waals surface area (Å²) in [4.78, 5) is 8.72. The highest BCUT2D eigenvalue weighted by Crippen LogP contribution is 2.31. The van der Waals surface area contributed by atoms with Crippen molar-refractivity contribution in [2.75, 3.05) is 11.2 Å². The number of fused-ring (bicyclic) bond motifs is 1. The highest BCUT2D eigenvalue weighted by molar-refractivity contribution is 7.18. The first-order valence-electron chi connectivity index (χ1n) is 6.12. The zero-order valence-electron chi connectivity index (χ0n) is 11.0. The molecule has 98 valence electrons. The van der Waals surface area contributed by atoms with E-state index in [1.165, 1.54) is 5.56 Å². The topological polar surface area (TPSA) is 37.8 Å². The van der Waals surface area contributed by atoms with Crippen LogP contribution in [0.1, 0.15) is 32.3 Å². The Hall–Kier alpha value is -0.870. The first kappa shape index (κ1) is 13.6. The van der Waals surface area contributed by atoms with Gasteiger partial charge in [-0.2, -0.15) is 0 Å². The highest BCUT2D eigenvalue weighted by atomic mass is 35.5. The minimum atomic E-state index is -0.0130. The molecule has 0 aliphatic carbocycles. The Kier molecular flexibility index (Phi) is 4.07. The fourth-order valence-corrected chi connectivity index (χ4v) is 3.24. The fraction of sp³-hybridized carbons (Fsp3) is 0.538. The Morgan fingerprint density at radius 1 is 1.44 bits per heavy atom. The average Bonchev–Trinajstić information content (AvgIpc) is 2.73. The van der Waals surface area contributed by atoms with Crippen LogP contribution in [0.25, 0.3) is 10.2 Å². The smallest absolute Gasteiger partial charge is 0.147 e. The summed E-state index contributed by atoms with van der Waals surface area (Å²) in [6, 6.07) is 0. The number of hydrogen-bond acceptors (Lipinski definition) is 4. The number of thiophene rings is 1. The van der Waals surface area contributed by atoms with Gasteiger partial charge in [0.1, 0.15) is 12.1 Å². The van der Waals surface area contributed by atoms with Crippen molar-refractivity contribution in [2.45, 2.75) is 39.2 Å². The largest absolute Gasteiger partial charge is 0.364 e. The molecular formula is C13H18ClN3S. The van der Waals surface area contributed by atoms with Crippen LogP contribution in [0.4, 0.5) is 5.82 Å². The van der Waals surface area contributed by atoms with Gasteiger partial charge in [-0.3, -0.25) is 0 Å². The van der Waals surface area contributed by atoms with Gasteiger partial charge in [-0.1, -0.05) is 6.92 Å². The van der Waals surface area contributed by atoms with Crippen LogP contribution in [0.5, 0.6) is 0 Å². The maximum absolute atomic E-state index is 5.88. The fourth-order valence-electron chi connectivity index (χ4n) is 1.88. The SMILES string of the molecule is CCC(C)(CCCl)Nc1ncnc2c(C)csc12. The molecule has 0 bridgehead atoms. The third-order valence-electron chi connectivity index (χ3n) is 3.38. The molecule has 0 aromatic carbocycles. The van der Waals surface area contributed by atoms with E-state index in [2.05, 4.69) is 41.4 Å². The first-order valence-corrected chi connectivity index (χ1v) is 7.54. The van der Waals surface area contributed by atoms with Crippen molar-refractivity contribution in [3.63, 3.8) is 0 Å². The Bertz CT molecular complexity index is 540. The van der Waals surface area contributed by atoms with Crippen molar-refractivity contribution in [1.29, 1.82) is 0 Å². The van der Waals surface area contributed by atoms with E-state index in [-0.39, 0.29) is 5.54 Å². The Labute approximate surface area is 117 Å². The van der Waals surface area contributed by atoms with Gasteiger partial charge in [0.05, 0.1) is 10.2 Å². The number of nitrogens with zero attached hydrogens (tertiary/aromatic N) is 2. The molecule has 0 spiro atoms. The number of alkyl halides is 1. The summed E-state index contributed by atoms with van der Waals surface area (Å²) < 4.78 is 1.13. The zero-order chi connectivity index (χ0) is 13.2. The normalized spacial score (nSPS) is 14.7. The van der Waals surface area contributed by atoms with Crippen molar-refractivity contribution >= 4 is 39.0 Å². The molecule has 1 N–H and O–H groups in total. The summed E-state index contributed by atoms with van der Waals surface area (Å²) in [5.74, 6) is 1.57. The molecule has 2 aromatic rings. The molecular weight excluding hydrogens is 266 g/mol. The summed E-state index contributed by atoms with van der Waals surface area (Å²) in [5, 5.41) is 5.66. The standard InChI is InChI=1S/C13H18ClN3S/c1-4-13(3,5-6-14)17-12-11-10(15-8-16-12)9(2)7-18-11/h7-8H,4-6H2,1-3H3,(H,15,16,17). The van der Waals surface area contributed by atoms with E-state index in [4.69, 9.17) is 11.6 Å². The lowest BCUT2D eigenvalue weighted by molar-refractivity contribution is 0.480. The molecule has 2 rings (SSSR count). The van der Waals surface area contributed by atoms with Crippen LogP contribution in [0.3, 0.4) is 0 Å². The molecule has 3 nitrogen and oxygen atoms in total. The second-order valence-electron chi connectivity index (χ2n) is 4.80. The summed E-state index contributed by atoms with van der Waals surface area (Å²) >= 11 is 7.57. The molecule has 18 heavy (non-hydrogen) atoms. The number of hydrogen-bond donors (Lipinski definition) is 1. The molecule has 0 saturated heterocycles. The molecule has 0 saturated carbocycles. The predicted octanol–water partition coefficient (Wildman–Crippen LogP) is 4.21. The average molecular weight is 284 g/mol. The van der Waals surface area contributed by atoms with Gasteiger partial charge >= 0.3 is 0 Å². The minimum Gasteiger partial charge on any atom is -0.364 e. The second kappa shape index (κ2) is 5.41. The maximum atomic E-state index is 5.88. The van der Waals surface area contributed by atoms with Gasteiger partial charge < -0.3 is 5.32 Å². The second-order valence-corrected chi connectivity index (χ2v) is 6.05. The molecule has 5 heteroatoms. The minimum absolute atomic E-state index is 0.0130. The van der Waals surface area contributed by atoms with Gasteiger partial charge in [0.25, 0.3) is 0 Å². The summed E-state index contributed by atoms with van der Waals surface area (Å²) in [6.45, 7) is 6.43. The number of anilines is 1. The van der Waals surface area contributed by atoms with Gasteiger partial charge in [0, 0.05) is 11.4 Å². The summed E-state index contributed by atoms with van der Waals surface area (Å²) in [5.41, 5.74) is 2.24. The number of halogens is 1. The Balaban J connectivity index is 2.36. The molecule has 0 aliphatic rings. The van der Waals surface area contributed by atoms with E-state index in [0.29, 0.717) is 5.88 Å².